The second kappa shape index (κ2) is 3.42. The van der Waals surface area contributed by atoms with Crippen LogP contribution in [0.25, 0.3) is 10.9 Å². The zero-order valence-corrected chi connectivity index (χ0v) is 9.96. The second-order valence-electron chi connectivity index (χ2n) is 4.79. The zero-order chi connectivity index (χ0) is 12.2. The molecule has 0 atom stereocenters. The molecular formula is C14H14FNO. The molecule has 3 heteroatoms. The number of rotatable bonds is 2. The number of nitrogens with zero attached hydrogens (tertiary/aromatic N) is 1. The molecule has 88 valence electrons. The van der Waals surface area contributed by atoms with Gasteiger partial charge in [-0.05, 0) is 43.5 Å². The van der Waals surface area contributed by atoms with Crippen LogP contribution in [-0.4, -0.2) is 10.4 Å². The highest BCUT2D eigenvalue weighted by Crippen LogP contribution is 2.41. The number of benzene rings is 1. The van der Waals surface area contributed by atoms with E-state index in [0.29, 0.717) is 6.04 Å². The van der Waals surface area contributed by atoms with E-state index >= 15 is 0 Å². The van der Waals surface area contributed by atoms with Crippen molar-refractivity contribution in [1.82, 2.24) is 4.57 Å². The van der Waals surface area contributed by atoms with Gasteiger partial charge in [0, 0.05) is 18.4 Å². The normalized spacial score (nSPS) is 15.5. The summed E-state index contributed by atoms with van der Waals surface area (Å²) in [5, 5.41) is 0.989. The van der Waals surface area contributed by atoms with E-state index in [4.69, 9.17) is 0 Å². The molecule has 1 aromatic carbocycles. The molecule has 1 aliphatic rings. The summed E-state index contributed by atoms with van der Waals surface area (Å²) in [7, 11) is 0. The average Bonchev–Trinajstić information content (AvgIpc) is 3.04. The van der Waals surface area contributed by atoms with E-state index in [1.807, 2.05) is 11.5 Å². The first-order valence-electron chi connectivity index (χ1n) is 5.90. The Hall–Kier alpha value is -1.64. The number of hydrogen-bond acceptors (Lipinski definition) is 1. The van der Waals surface area contributed by atoms with Crippen molar-refractivity contribution in [3.05, 3.63) is 35.3 Å². The van der Waals surface area contributed by atoms with Gasteiger partial charge in [-0.15, -0.1) is 0 Å². The van der Waals surface area contributed by atoms with Gasteiger partial charge in [-0.25, -0.2) is 4.39 Å². The Morgan fingerprint density at radius 1 is 1.41 bits per heavy atom. The van der Waals surface area contributed by atoms with Gasteiger partial charge in [0.2, 0.25) is 0 Å². The van der Waals surface area contributed by atoms with E-state index < -0.39 is 0 Å². The van der Waals surface area contributed by atoms with Gasteiger partial charge >= 0.3 is 0 Å². The van der Waals surface area contributed by atoms with E-state index in [1.165, 1.54) is 12.1 Å². The van der Waals surface area contributed by atoms with Gasteiger partial charge in [-0.3, -0.25) is 4.79 Å². The van der Waals surface area contributed by atoms with Crippen molar-refractivity contribution in [2.24, 2.45) is 0 Å². The Morgan fingerprint density at radius 2 is 2.12 bits per heavy atom. The maximum Gasteiger partial charge on any atom is 0.176 e. The molecule has 1 fully saturated rings. The van der Waals surface area contributed by atoms with E-state index in [1.54, 1.807) is 13.0 Å². The quantitative estimate of drug-likeness (QED) is 0.723. The van der Waals surface area contributed by atoms with Crippen molar-refractivity contribution < 1.29 is 9.18 Å². The molecule has 17 heavy (non-hydrogen) atoms. The summed E-state index contributed by atoms with van der Waals surface area (Å²) in [4.78, 5) is 11.8. The highest BCUT2D eigenvalue weighted by atomic mass is 19.1. The molecule has 2 nitrogen and oxygen atoms in total. The third kappa shape index (κ3) is 1.49. The molecule has 1 heterocycles. The van der Waals surface area contributed by atoms with Crippen LogP contribution >= 0.6 is 0 Å². The van der Waals surface area contributed by atoms with Crippen LogP contribution < -0.4 is 0 Å². The van der Waals surface area contributed by atoms with Gasteiger partial charge in [0.25, 0.3) is 0 Å². The summed E-state index contributed by atoms with van der Waals surface area (Å²) >= 11 is 0. The largest absolute Gasteiger partial charge is 0.335 e. The molecule has 0 radical (unpaired) electrons. The Labute approximate surface area is 99.0 Å². The molecule has 1 aliphatic carbocycles. The third-order valence-electron chi connectivity index (χ3n) is 3.46. The van der Waals surface area contributed by atoms with Crippen molar-refractivity contribution in [3.63, 3.8) is 0 Å². The van der Waals surface area contributed by atoms with Crippen LogP contribution in [0.15, 0.2) is 18.2 Å². The number of aromatic nitrogens is 1. The molecule has 1 aromatic heterocycles. The molecule has 0 aliphatic heterocycles. The standard InChI is InChI=1S/C14H14FNO/c1-8-12-6-3-10(15)7-13(12)16(11-4-5-11)14(8)9(2)17/h3,6-7,11H,4-5H2,1-2H3. The van der Waals surface area contributed by atoms with Crippen molar-refractivity contribution in [1.29, 1.82) is 0 Å². The minimum absolute atomic E-state index is 0.0611. The number of carbonyl (C=O) groups excluding carboxylic acids is 1. The topological polar surface area (TPSA) is 22.0 Å². The fourth-order valence-corrected chi connectivity index (χ4v) is 2.60. The highest BCUT2D eigenvalue weighted by Gasteiger charge is 2.30. The third-order valence-corrected chi connectivity index (χ3v) is 3.46. The summed E-state index contributed by atoms with van der Waals surface area (Å²) in [6.07, 6.45) is 2.17. The van der Waals surface area contributed by atoms with Gasteiger partial charge in [0.15, 0.2) is 5.78 Å². The maximum atomic E-state index is 13.3. The van der Waals surface area contributed by atoms with Crippen LogP contribution in [0.4, 0.5) is 4.39 Å². The number of carbonyl (C=O) groups is 1. The lowest BCUT2D eigenvalue weighted by molar-refractivity contribution is 0.100. The monoisotopic (exact) mass is 231 g/mol. The van der Waals surface area contributed by atoms with E-state index in [9.17, 15) is 9.18 Å². The van der Waals surface area contributed by atoms with E-state index in [-0.39, 0.29) is 11.6 Å². The van der Waals surface area contributed by atoms with Gasteiger partial charge in [0.05, 0.1) is 11.2 Å². The van der Waals surface area contributed by atoms with Crippen molar-refractivity contribution in [2.75, 3.05) is 0 Å². The Morgan fingerprint density at radius 3 is 2.71 bits per heavy atom. The Bertz CT molecular complexity index is 623. The summed E-state index contributed by atoms with van der Waals surface area (Å²) < 4.78 is 15.4. The molecule has 0 spiro atoms. The predicted molar refractivity (Wildman–Crippen MR) is 64.9 cm³/mol. The van der Waals surface area contributed by atoms with Gasteiger partial charge in [-0.2, -0.15) is 0 Å². The van der Waals surface area contributed by atoms with Crippen molar-refractivity contribution >= 4 is 16.7 Å². The molecule has 0 saturated heterocycles. The van der Waals surface area contributed by atoms with Crippen LogP contribution in [0.5, 0.6) is 0 Å². The summed E-state index contributed by atoms with van der Waals surface area (Å²) in [6.45, 7) is 3.52. The molecule has 1 saturated carbocycles. The van der Waals surface area contributed by atoms with Gasteiger partial charge in [-0.1, -0.05) is 0 Å². The van der Waals surface area contributed by atoms with Crippen LogP contribution in [-0.2, 0) is 0 Å². The van der Waals surface area contributed by atoms with Crippen LogP contribution in [0.1, 0.15) is 41.9 Å². The maximum absolute atomic E-state index is 13.3. The minimum atomic E-state index is -0.244. The van der Waals surface area contributed by atoms with E-state index in [2.05, 4.69) is 0 Å². The van der Waals surface area contributed by atoms with Crippen LogP contribution in [0, 0.1) is 12.7 Å². The lowest BCUT2D eigenvalue weighted by atomic mass is 10.1. The molecule has 0 N–H and O–H groups in total. The lowest BCUT2D eigenvalue weighted by Crippen LogP contribution is -2.06. The lowest BCUT2D eigenvalue weighted by Gasteiger charge is -2.07. The van der Waals surface area contributed by atoms with Crippen molar-refractivity contribution in [3.8, 4) is 0 Å². The molecule has 3 rings (SSSR count). The predicted octanol–water partition coefficient (Wildman–Crippen LogP) is 3.63. The number of hydrogen-bond donors (Lipinski definition) is 0. The van der Waals surface area contributed by atoms with E-state index in [0.717, 1.165) is 35.0 Å². The Kier molecular flexibility index (Phi) is 2.12. The summed E-state index contributed by atoms with van der Waals surface area (Å²) in [5.74, 6) is -0.182. The molecule has 2 aromatic rings. The molecule has 0 amide bonds. The fourth-order valence-electron chi connectivity index (χ4n) is 2.60. The number of Topliss-reactive ketones (excluding diaryl/α,β-unsaturated/α-hetero) is 1. The first-order valence-corrected chi connectivity index (χ1v) is 5.90. The Balaban J connectivity index is 2.41. The number of ketones is 1. The van der Waals surface area contributed by atoms with Crippen molar-refractivity contribution in [2.45, 2.75) is 32.7 Å². The van der Waals surface area contributed by atoms with Crippen LogP contribution in [0.3, 0.4) is 0 Å². The SMILES string of the molecule is CC(=O)c1c(C)c2ccc(F)cc2n1C1CC1. The minimum Gasteiger partial charge on any atom is -0.335 e. The molecule has 0 unspecified atom stereocenters. The van der Waals surface area contributed by atoms with Gasteiger partial charge < -0.3 is 4.57 Å². The smallest absolute Gasteiger partial charge is 0.176 e. The number of aryl methyl sites for hydroxylation is 1. The second-order valence-corrected chi connectivity index (χ2v) is 4.79. The highest BCUT2D eigenvalue weighted by molar-refractivity contribution is 6.01. The first-order chi connectivity index (χ1) is 8.09. The number of halogens is 1. The summed E-state index contributed by atoms with van der Waals surface area (Å²) in [5.41, 5.74) is 2.57. The van der Waals surface area contributed by atoms with Gasteiger partial charge in [0.1, 0.15) is 5.82 Å². The average molecular weight is 231 g/mol. The zero-order valence-electron chi connectivity index (χ0n) is 9.96. The molecule has 0 bridgehead atoms. The molecular weight excluding hydrogens is 217 g/mol. The van der Waals surface area contributed by atoms with Crippen LogP contribution in [0.2, 0.25) is 0 Å². The summed E-state index contributed by atoms with van der Waals surface area (Å²) in [6, 6.07) is 5.14. The first kappa shape index (κ1) is 10.5. The number of fused-ring (bicyclic) bond motifs is 1. The fraction of sp³-hybridized carbons (Fsp3) is 0.357.